The molecular formula is C12H24N2. The van der Waals surface area contributed by atoms with Gasteiger partial charge in [0.05, 0.1) is 12.0 Å². The van der Waals surface area contributed by atoms with Crippen molar-refractivity contribution in [3.8, 4) is 0 Å². The normalized spacial score (nSPS) is 14.4. The van der Waals surface area contributed by atoms with E-state index in [9.17, 15) is 0 Å². The molecule has 0 bridgehead atoms. The third-order valence-corrected chi connectivity index (χ3v) is 2.23. The van der Waals surface area contributed by atoms with Gasteiger partial charge < -0.3 is 4.57 Å². The molecule has 0 saturated heterocycles. The number of nitrogens with zero attached hydrogens (tertiary/aromatic N) is 2. The number of imidazole rings is 1. The lowest BCUT2D eigenvalue weighted by atomic mass is 9.93. The second-order valence-electron chi connectivity index (χ2n) is 3.05. The molecule has 1 heterocycles. The van der Waals surface area contributed by atoms with Crippen molar-refractivity contribution >= 4 is 0 Å². The van der Waals surface area contributed by atoms with Crippen LogP contribution in [0.5, 0.6) is 0 Å². The highest BCUT2D eigenvalue weighted by Crippen LogP contribution is 2.30. The third kappa shape index (κ3) is 3.52. The molecule has 0 spiro atoms. The largest absolute Gasteiger partial charge is 0.334 e. The summed E-state index contributed by atoms with van der Waals surface area (Å²) in [6.07, 6.45) is 8.15. The first-order valence-electron chi connectivity index (χ1n) is 5.86. The zero-order valence-electron chi connectivity index (χ0n) is 10.2. The fourth-order valence-corrected chi connectivity index (χ4v) is 1.32. The lowest BCUT2D eigenvalue weighted by Crippen LogP contribution is -2.14. The summed E-state index contributed by atoms with van der Waals surface area (Å²) in [6.45, 7) is 10.0. The molecule has 2 rings (SSSR count). The van der Waals surface area contributed by atoms with Crippen LogP contribution in [0.3, 0.4) is 0 Å². The molecule has 0 N–H and O–H groups in total. The maximum Gasteiger partial charge on any atom is 0.0951 e. The highest BCUT2D eigenvalue weighted by molar-refractivity contribution is 4.95. The van der Waals surface area contributed by atoms with Gasteiger partial charge >= 0.3 is 0 Å². The molecule has 2 heteroatoms. The van der Waals surface area contributed by atoms with Crippen LogP contribution in [-0.2, 0) is 0 Å². The molecular weight excluding hydrogens is 172 g/mol. The minimum atomic E-state index is 0.765. The van der Waals surface area contributed by atoms with Crippen molar-refractivity contribution in [3.63, 3.8) is 0 Å². The van der Waals surface area contributed by atoms with Crippen LogP contribution in [0, 0.1) is 6.92 Å². The molecule has 0 amide bonds. The molecule has 2 nitrogen and oxygen atoms in total. The van der Waals surface area contributed by atoms with E-state index in [4.69, 9.17) is 0 Å². The van der Waals surface area contributed by atoms with Gasteiger partial charge in [-0.15, -0.1) is 0 Å². The average Bonchev–Trinajstić information content (AvgIpc) is 2.56. The predicted octanol–water partition coefficient (Wildman–Crippen LogP) is 3.97. The van der Waals surface area contributed by atoms with Crippen LogP contribution < -0.4 is 0 Å². The number of hydrogen-bond donors (Lipinski definition) is 0. The second-order valence-corrected chi connectivity index (χ2v) is 3.05. The van der Waals surface area contributed by atoms with Crippen LogP contribution in [0.2, 0.25) is 0 Å². The van der Waals surface area contributed by atoms with Crippen LogP contribution in [0.4, 0.5) is 0 Å². The van der Waals surface area contributed by atoms with Gasteiger partial charge in [-0.05, 0) is 26.2 Å². The van der Waals surface area contributed by atoms with E-state index >= 15 is 0 Å². The summed E-state index contributed by atoms with van der Waals surface area (Å²) in [5, 5.41) is 0. The van der Waals surface area contributed by atoms with E-state index in [-0.39, 0.29) is 0 Å². The molecule has 14 heavy (non-hydrogen) atoms. The van der Waals surface area contributed by atoms with E-state index in [1.54, 1.807) is 0 Å². The minimum absolute atomic E-state index is 0.765. The number of hydrogen-bond acceptors (Lipinski definition) is 1. The van der Waals surface area contributed by atoms with Crippen molar-refractivity contribution in [2.24, 2.45) is 0 Å². The van der Waals surface area contributed by atoms with Gasteiger partial charge in [0.1, 0.15) is 0 Å². The summed E-state index contributed by atoms with van der Waals surface area (Å²) < 4.78 is 2.23. The zero-order valence-corrected chi connectivity index (χ0v) is 10.2. The molecule has 0 atom stereocenters. The second kappa shape index (κ2) is 7.60. The molecule has 0 unspecified atom stereocenters. The first-order chi connectivity index (χ1) is 6.86. The van der Waals surface area contributed by atoms with Crippen molar-refractivity contribution in [2.75, 3.05) is 0 Å². The van der Waals surface area contributed by atoms with Crippen LogP contribution in [0.1, 0.15) is 58.7 Å². The van der Waals surface area contributed by atoms with Gasteiger partial charge in [0.25, 0.3) is 0 Å². The fourth-order valence-electron chi connectivity index (χ4n) is 1.32. The van der Waals surface area contributed by atoms with E-state index in [0.717, 1.165) is 11.7 Å². The molecule has 1 aromatic rings. The summed E-state index contributed by atoms with van der Waals surface area (Å²) in [6, 6.07) is 0.765. The van der Waals surface area contributed by atoms with Gasteiger partial charge in [0, 0.05) is 12.2 Å². The average molecular weight is 196 g/mol. The highest BCUT2D eigenvalue weighted by Gasteiger charge is 2.18. The first-order valence-corrected chi connectivity index (χ1v) is 5.86. The van der Waals surface area contributed by atoms with Crippen LogP contribution in [0.25, 0.3) is 0 Å². The minimum Gasteiger partial charge on any atom is -0.334 e. The monoisotopic (exact) mass is 196 g/mol. The molecule has 1 aliphatic rings. The Morgan fingerprint density at radius 2 is 1.79 bits per heavy atom. The summed E-state index contributed by atoms with van der Waals surface area (Å²) in [5.74, 6) is 0. The van der Waals surface area contributed by atoms with Crippen LogP contribution in [-0.4, -0.2) is 9.55 Å². The van der Waals surface area contributed by atoms with Crippen molar-refractivity contribution in [1.82, 2.24) is 9.55 Å². The van der Waals surface area contributed by atoms with E-state index in [1.807, 2.05) is 40.9 Å². The Morgan fingerprint density at radius 3 is 2.07 bits per heavy atom. The van der Waals surface area contributed by atoms with Gasteiger partial charge in [-0.2, -0.15) is 0 Å². The summed E-state index contributed by atoms with van der Waals surface area (Å²) in [5.41, 5.74) is 1.13. The molecule has 0 aromatic carbocycles. The molecule has 0 aliphatic heterocycles. The Labute approximate surface area is 88.4 Å². The summed E-state index contributed by atoms with van der Waals surface area (Å²) in [7, 11) is 0. The Morgan fingerprint density at radius 1 is 1.21 bits per heavy atom. The van der Waals surface area contributed by atoms with E-state index in [1.165, 1.54) is 19.3 Å². The summed E-state index contributed by atoms with van der Waals surface area (Å²) >= 11 is 0. The maximum atomic E-state index is 4.18. The van der Waals surface area contributed by atoms with Gasteiger partial charge in [-0.3, -0.25) is 0 Å². The van der Waals surface area contributed by atoms with Crippen LogP contribution >= 0.6 is 0 Å². The molecule has 82 valence electrons. The van der Waals surface area contributed by atoms with Crippen molar-refractivity contribution in [3.05, 3.63) is 18.2 Å². The standard InChI is InChI=1S/C8H12N2.2C2H6/c1-7-5-10(6-9-7)8-3-2-4-8;2*1-2/h5-6,8H,2-4H2,1H3;2*1-2H3. The maximum absolute atomic E-state index is 4.18. The van der Waals surface area contributed by atoms with Gasteiger partial charge in [0.15, 0.2) is 0 Å². The van der Waals surface area contributed by atoms with Crippen molar-refractivity contribution < 1.29 is 0 Å². The van der Waals surface area contributed by atoms with Crippen molar-refractivity contribution in [2.45, 2.75) is 59.9 Å². The lowest BCUT2D eigenvalue weighted by Gasteiger charge is -2.26. The molecule has 1 aliphatic carbocycles. The SMILES string of the molecule is CC.CC.Cc1cn(C2CCC2)cn1. The van der Waals surface area contributed by atoms with Crippen LogP contribution in [0.15, 0.2) is 12.5 Å². The Kier molecular flexibility index (Phi) is 7.17. The lowest BCUT2D eigenvalue weighted by molar-refractivity contribution is 0.313. The number of rotatable bonds is 1. The zero-order chi connectivity index (χ0) is 11.0. The van der Waals surface area contributed by atoms with Crippen molar-refractivity contribution in [1.29, 1.82) is 0 Å². The predicted molar refractivity (Wildman–Crippen MR) is 62.5 cm³/mol. The van der Waals surface area contributed by atoms with Gasteiger partial charge in [-0.1, -0.05) is 27.7 Å². The Balaban J connectivity index is 0.000000379. The molecule has 0 radical (unpaired) electrons. The quantitative estimate of drug-likeness (QED) is 0.664. The Bertz CT molecular complexity index is 224. The topological polar surface area (TPSA) is 17.8 Å². The molecule has 1 saturated carbocycles. The van der Waals surface area contributed by atoms with E-state index < -0.39 is 0 Å². The fraction of sp³-hybridized carbons (Fsp3) is 0.750. The van der Waals surface area contributed by atoms with Gasteiger partial charge in [-0.25, -0.2) is 4.98 Å². The van der Waals surface area contributed by atoms with E-state index in [2.05, 4.69) is 15.7 Å². The first kappa shape index (κ1) is 13.2. The Hall–Kier alpha value is -0.790. The van der Waals surface area contributed by atoms with E-state index in [0.29, 0.717) is 0 Å². The summed E-state index contributed by atoms with van der Waals surface area (Å²) in [4.78, 5) is 4.18. The highest BCUT2D eigenvalue weighted by atomic mass is 15.1. The number of aryl methyl sites for hydroxylation is 1. The van der Waals surface area contributed by atoms with Gasteiger partial charge in [0.2, 0.25) is 0 Å². The number of aromatic nitrogens is 2. The smallest absolute Gasteiger partial charge is 0.0951 e. The molecule has 1 aromatic heterocycles. The third-order valence-electron chi connectivity index (χ3n) is 2.23. The molecule has 1 fully saturated rings.